The van der Waals surface area contributed by atoms with Crippen molar-refractivity contribution >= 4 is 17.7 Å². The lowest BCUT2D eigenvalue weighted by atomic mass is 10.2. The minimum atomic E-state index is -0.247. The summed E-state index contributed by atoms with van der Waals surface area (Å²) < 4.78 is 21.2. The first-order chi connectivity index (χ1) is 13.4. The highest BCUT2D eigenvalue weighted by atomic mass is 32.2. The van der Waals surface area contributed by atoms with Crippen LogP contribution in [0.5, 0.6) is 23.0 Å². The van der Waals surface area contributed by atoms with Crippen LogP contribution in [-0.2, 0) is 11.3 Å². The number of rotatable bonds is 9. The maximum atomic E-state index is 12.8. The van der Waals surface area contributed by atoms with E-state index in [1.54, 1.807) is 40.4 Å². The highest BCUT2D eigenvalue weighted by Gasteiger charge is 2.20. The van der Waals surface area contributed by atoms with Crippen molar-refractivity contribution < 1.29 is 23.7 Å². The molecule has 0 radical (unpaired) electrons. The van der Waals surface area contributed by atoms with Gasteiger partial charge in [0.1, 0.15) is 0 Å². The summed E-state index contributed by atoms with van der Waals surface area (Å²) in [6.07, 6.45) is 0. The average molecular weight is 406 g/mol. The minimum Gasteiger partial charge on any atom is -0.493 e. The highest BCUT2D eigenvalue weighted by Crippen LogP contribution is 2.34. The molecule has 1 atom stereocenters. The largest absolute Gasteiger partial charge is 0.493 e. The molecule has 0 saturated carbocycles. The number of carbonyl (C=O) groups is 1. The molecule has 0 bridgehead atoms. The second kappa shape index (κ2) is 10.1. The van der Waals surface area contributed by atoms with Crippen LogP contribution in [0, 0.1) is 0 Å². The lowest BCUT2D eigenvalue weighted by molar-refractivity contribution is -0.129. The van der Waals surface area contributed by atoms with Crippen LogP contribution < -0.4 is 18.9 Å². The highest BCUT2D eigenvalue weighted by molar-refractivity contribution is 8.00. The maximum absolute atomic E-state index is 12.8. The Morgan fingerprint density at radius 2 is 1.43 bits per heavy atom. The van der Waals surface area contributed by atoms with Crippen molar-refractivity contribution in [3.8, 4) is 23.0 Å². The molecule has 0 aliphatic heterocycles. The van der Waals surface area contributed by atoms with Gasteiger partial charge in [0.15, 0.2) is 23.0 Å². The normalized spacial score (nSPS) is 11.5. The van der Waals surface area contributed by atoms with Crippen molar-refractivity contribution in [3.63, 3.8) is 0 Å². The van der Waals surface area contributed by atoms with E-state index in [-0.39, 0.29) is 11.2 Å². The molecule has 0 unspecified atom stereocenters. The van der Waals surface area contributed by atoms with Gasteiger partial charge in [-0.25, -0.2) is 0 Å². The van der Waals surface area contributed by atoms with Crippen LogP contribution >= 0.6 is 11.8 Å². The molecular formula is C21H27NO5S. The Balaban J connectivity index is 2.04. The number of hydrogen-bond acceptors (Lipinski definition) is 6. The Labute approximate surface area is 170 Å². The van der Waals surface area contributed by atoms with Crippen molar-refractivity contribution in [2.45, 2.75) is 23.6 Å². The van der Waals surface area contributed by atoms with Crippen LogP contribution in [0.25, 0.3) is 0 Å². The predicted octanol–water partition coefficient (Wildman–Crippen LogP) is 3.86. The number of thioether (sulfide) groups is 1. The smallest absolute Gasteiger partial charge is 0.235 e. The van der Waals surface area contributed by atoms with E-state index in [9.17, 15) is 4.79 Å². The average Bonchev–Trinajstić information content (AvgIpc) is 2.72. The van der Waals surface area contributed by atoms with Gasteiger partial charge in [0, 0.05) is 18.5 Å². The molecule has 2 rings (SSSR count). The second-order valence-corrected chi connectivity index (χ2v) is 7.57. The number of ether oxygens (including phenoxy) is 4. The van der Waals surface area contributed by atoms with E-state index in [2.05, 4.69) is 0 Å². The van der Waals surface area contributed by atoms with Gasteiger partial charge in [0.05, 0.1) is 33.7 Å². The molecule has 28 heavy (non-hydrogen) atoms. The van der Waals surface area contributed by atoms with Crippen LogP contribution in [0.1, 0.15) is 12.5 Å². The third-order valence-corrected chi connectivity index (χ3v) is 5.34. The maximum Gasteiger partial charge on any atom is 0.235 e. The molecule has 0 spiro atoms. The molecule has 7 heteroatoms. The topological polar surface area (TPSA) is 57.2 Å². The number of methoxy groups -OCH3 is 4. The van der Waals surface area contributed by atoms with E-state index in [1.165, 1.54) is 11.8 Å². The first-order valence-electron chi connectivity index (χ1n) is 8.78. The third-order valence-electron chi connectivity index (χ3n) is 4.26. The molecule has 0 aliphatic carbocycles. The standard InChI is InChI=1S/C21H27NO5S/c1-14(28-16-8-10-18(25-4)20(12-16)27-6)21(23)22(2)13-15-7-9-17(24-3)19(11-15)26-5/h7-12,14H,13H2,1-6H3/t14-/m1/s1. The van der Waals surface area contributed by atoms with E-state index in [1.807, 2.05) is 43.3 Å². The molecule has 0 heterocycles. The van der Waals surface area contributed by atoms with Gasteiger partial charge in [-0.1, -0.05) is 6.07 Å². The number of carbonyl (C=O) groups excluding carboxylic acids is 1. The van der Waals surface area contributed by atoms with Gasteiger partial charge < -0.3 is 23.8 Å². The lowest BCUT2D eigenvalue weighted by Crippen LogP contribution is -2.32. The summed E-state index contributed by atoms with van der Waals surface area (Å²) in [4.78, 5) is 15.5. The molecule has 6 nitrogen and oxygen atoms in total. The molecule has 0 N–H and O–H groups in total. The van der Waals surface area contributed by atoms with E-state index in [4.69, 9.17) is 18.9 Å². The molecule has 0 saturated heterocycles. The number of benzene rings is 2. The van der Waals surface area contributed by atoms with Crippen LogP contribution in [0.2, 0.25) is 0 Å². The fourth-order valence-corrected chi connectivity index (χ4v) is 3.80. The van der Waals surface area contributed by atoms with E-state index < -0.39 is 0 Å². The Morgan fingerprint density at radius 1 is 0.893 bits per heavy atom. The summed E-state index contributed by atoms with van der Waals surface area (Å²) in [5.74, 6) is 2.66. The molecule has 0 aliphatic rings. The second-order valence-electron chi connectivity index (χ2n) is 6.16. The van der Waals surface area contributed by atoms with Gasteiger partial charge in [0.25, 0.3) is 0 Å². The number of amides is 1. The van der Waals surface area contributed by atoms with Crippen LogP contribution in [-0.4, -0.2) is 51.5 Å². The van der Waals surface area contributed by atoms with Crippen molar-refractivity contribution in [3.05, 3.63) is 42.0 Å². The molecule has 2 aromatic carbocycles. The Morgan fingerprint density at radius 3 is 2.00 bits per heavy atom. The first-order valence-corrected chi connectivity index (χ1v) is 9.66. The molecule has 0 fully saturated rings. The van der Waals surface area contributed by atoms with Crippen molar-refractivity contribution in [1.29, 1.82) is 0 Å². The summed E-state index contributed by atoms with van der Waals surface area (Å²) in [7, 11) is 8.18. The lowest BCUT2D eigenvalue weighted by Gasteiger charge is -2.22. The van der Waals surface area contributed by atoms with Gasteiger partial charge in [-0.3, -0.25) is 4.79 Å². The SMILES string of the molecule is COc1ccc(CN(C)C(=O)[C@@H](C)Sc2ccc(OC)c(OC)c2)cc1OC. The van der Waals surface area contributed by atoms with Gasteiger partial charge in [-0.15, -0.1) is 11.8 Å². The zero-order valence-electron chi connectivity index (χ0n) is 17.1. The van der Waals surface area contributed by atoms with Gasteiger partial charge in [-0.05, 0) is 42.8 Å². The zero-order valence-corrected chi connectivity index (χ0v) is 18.0. The van der Waals surface area contributed by atoms with Crippen LogP contribution in [0.15, 0.2) is 41.3 Å². The van der Waals surface area contributed by atoms with E-state index in [0.29, 0.717) is 29.5 Å². The molecular weight excluding hydrogens is 378 g/mol. The monoisotopic (exact) mass is 405 g/mol. The molecule has 152 valence electrons. The zero-order chi connectivity index (χ0) is 20.7. The third kappa shape index (κ3) is 5.25. The number of nitrogens with zero attached hydrogens (tertiary/aromatic N) is 1. The summed E-state index contributed by atoms with van der Waals surface area (Å²) in [6.45, 7) is 2.38. The molecule has 1 amide bonds. The fraction of sp³-hybridized carbons (Fsp3) is 0.381. The Kier molecular flexibility index (Phi) is 7.87. The van der Waals surface area contributed by atoms with E-state index >= 15 is 0 Å². The van der Waals surface area contributed by atoms with Crippen molar-refractivity contribution in [2.24, 2.45) is 0 Å². The van der Waals surface area contributed by atoms with Crippen molar-refractivity contribution in [2.75, 3.05) is 35.5 Å². The summed E-state index contributed by atoms with van der Waals surface area (Å²) >= 11 is 1.48. The van der Waals surface area contributed by atoms with E-state index in [0.717, 1.165) is 10.5 Å². The molecule has 2 aromatic rings. The summed E-state index contributed by atoms with van der Waals surface area (Å²) in [6, 6.07) is 11.3. The van der Waals surface area contributed by atoms with Crippen molar-refractivity contribution in [1.82, 2.24) is 4.90 Å². The molecule has 0 aromatic heterocycles. The fourth-order valence-electron chi connectivity index (χ4n) is 2.79. The summed E-state index contributed by atoms with van der Waals surface area (Å²) in [5.41, 5.74) is 0.969. The predicted molar refractivity (Wildman–Crippen MR) is 111 cm³/mol. The number of hydrogen-bond donors (Lipinski definition) is 0. The Hall–Kier alpha value is -2.54. The summed E-state index contributed by atoms with van der Waals surface area (Å²) in [5, 5.41) is -0.247. The van der Waals surface area contributed by atoms with Gasteiger partial charge in [0.2, 0.25) is 5.91 Å². The quantitative estimate of drug-likeness (QED) is 0.591. The first kappa shape index (κ1) is 21.8. The van der Waals surface area contributed by atoms with Gasteiger partial charge in [-0.2, -0.15) is 0 Å². The minimum absolute atomic E-state index is 0.0366. The van der Waals surface area contributed by atoms with Gasteiger partial charge >= 0.3 is 0 Å². The van der Waals surface area contributed by atoms with Crippen LogP contribution in [0.4, 0.5) is 0 Å². The Bertz CT molecular complexity index is 746. The van der Waals surface area contributed by atoms with Crippen LogP contribution in [0.3, 0.4) is 0 Å².